The van der Waals surface area contributed by atoms with E-state index in [-0.39, 0.29) is 6.61 Å². The molecule has 0 amide bonds. The number of hydrogen-bond donors (Lipinski definition) is 1. The third-order valence-electron chi connectivity index (χ3n) is 2.32. The molecule has 0 aliphatic rings. The summed E-state index contributed by atoms with van der Waals surface area (Å²) in [6.45, 7) is -0.114. The molecule has 94 valence electrons. The maximum atomic E-state index is 9.02. The molecule has 0 bridgehead atoms. The second-order valence-corrected chi connectivity index (χ2v) is 4.84. The van der Waals surface area contributed by atoms with Crippen LogP contribution in [-0.2, 0) is 6.61 Å². The van der Waals surface area contributed by atoms with E-state index in [0.29, 0.717) is 32.1 Å². The van der Waals surface area contributed by atoms with Crippen molar-refractivity contribution < 1.29 is 9.84 Å². The molecule has 0 atom stereocenters. The normalized spacial score (nSPS) is 10.4. The molecule has 18 heavy (non-hydrogen) atoms. The molecule has 2 aromatic carbocycles. The summed E-state index contributed by atoms with van der Waals surface area (Å²) >= 11 is 17.8. The summed E-state index contributed by atoms with van der Waals surface area (Å²) in [6.07, 6.45) is 0. The molecule has 0 fully saturated rings. The Morgan fingerprint density at radius 1 is 0.944 bits per heavy atom. The van der Waals surface area contributed by atoms with Crippen molar-refractivity contribution in [2.75, 3.05) is 0 Å². The smallest absolute Gasteiger partial charge is 0.147 e. The van der Waals surface area contributed by atoms with Gasteiger partial charge < -0.3 is 9.84 Å². The van der Waals surface area contributed by atoms with Gasteiger partial charge in [-0.05, 0) is 29.8 Å². The van der Waals surface area contributed by atoms with Gasteiger partial charge in [-0.1, -0.05) is 40.9 Å². The zero-order valence-electron chi connectivity index (χ0n) is 9.16. The van der Waals surface area contributed by atoms with E-state index in [2.05, 4.69) is 0 Å². The van der Waals surface area contributed by atoms with Crippen LogP contribution in [0.3, 0.4) is 0 Å². The Balaban J connectivity index is 2.28. The van der Waals surface area contributed by atoms with Crippen LogP contribution >= 0.6 is 34.8 Å². The van der Waals surface area contributed by atoms with Crippen molar-refractivity contribution in [2.45, 2.75) is 6.61 Å². The van der Waals surface area contributed by atoms with Crippen LogP contribution < -0.4 is 4.74 Å². The second-order valence-electron chi connectivity index (χ2n) is 3.59. The van der Waals surface area contributed by atoms with Crippen LogP contribution in [0.5, 0.6) is 11.5 Å². The first-order chi connectivity index (χ1) is 8.60. The van der Waals surface area contributed by atoms with Crippen LogP contribution in [0.1, 0.15) is 5.56 Å². The molecular formula is C13H9Cl3O2. The number of aliphatic hydroxyl groups excluding tert-OH is 1. The summed E-state index contributed by atoms with van der Waals surface area (Å²) in [7, 11) is 0. The van der Waals surface area contributed by atoms with Crippen LogP contribution in [0.2, 0.25) is 15.1 Å². The molecule has 2 rings (SSSR count). The van der Waals surface area contributed by atoms with Crippen LogP contribution in [0.4, 0.5) is 0 Å². The number of halogens is 3. The fourth-order valence-corrected chi connectivity index (χ4v) is 1.95. The Kier molecular flexibility index (Phi) is 4.36. The minimum atomic E-state index is -0.114. The van der Waals surface area contributed by atoms with Crippen molar-refractivity contribution >= 4 is 34.8 Å². The first-order valence-corrected chi connectivity index (χ1v) is 6.25. The van der Waals surface area contributed by atoms with E-state index in [1.165, 1.54) is 0 Å². The van der Waals surface area contributed by atoms with Crippen LogP contribution in [0.25, 0.3) is 0 Å². The SMILES string of the molecule is OCc1ccc(Oc2cc(Cl)ccc2Cl)cc1Cl. The Labute approximate surface area is 120 Å². The topological polar surface area (TPSA) is 29.5 Å². The van der Waals surface area contributed by atoms with Gasteiger partial charge in [0.15, 0.2) is 0 Å². The average molecular weight is 304 g/mol. The highest BCUT2D eigenvalue weighted by Crippen LogP contribution is 2.33. The van der Waals surface area contributed by atoms with Crippen LogP contribution in [-0.4, -0.2) is 5.11 Å². The molecule has 1 N–H and O–H groups in total. The Morgan fingerprint density at radius 3 is 2.39 bits per heavy atom. The lowest BCUT2D eigenvalue weighted by molar-refractivity contribution is 0.282. The third-order valence-corrected chi connectivity index (χ3v) is 3.22. The molecule has 0 saturated heterocycles. The molecule has 0 unspecified atom stereocenters. The number of hydrogen-bond acceptors (Lipinski definition) is 2. The molecule has 0 aromatic heterocycles. The predicted molar refractivity (Wildman–Crippen MR) is 73.9 cm³/mol. The molecular weight excluding hydrogens is 294 g/mol. The van der Waals surface area contributed by atoms with Gasteiger partial charge in [-0.3, -0.25) is 0 Å². The van der Waals surface area contributed by atoms with Crippen molar-refractivity contribution in [2.24, 2.45) is 0 Å². The summed E-state index contributed by atoms with van der Waals surface area (Å²) in [5.74, 6) is 0.985. The Hall–Kier alpha value is -0.930. The average Bonchev–Trinajstić information content (AvgIpc) is 2.34. The quantitative estimate of drug-likeness (QED) is 0.871. The predicted octanol–water partition coefficient (Wildman–Crippen LogP) is 4.93. The zero-order chi connectivity index (χ0) is 13.1. The van der Waals surface area contributed by atoms with E-state index < -0.39 is 0 Å². The maximum Gasteiger partial charge on any atom is 0.147 e. The van der Waals surface area contributed by atoms with Gasteiger partial charge in [-0.2, -0.15) is 0 Å². The molecule has 0 spiro atoms. The van der Waals surface area contributed by atoms with Gasteiger partial charge in [-0.25, -0.2) is 0 Å². The highest BCUT2D eigenvalue weighted by molar-refractivity contribution is 6.34. The van der Waals surface area contributed by atoms with Crippen LogP contribution in [0, 0.1) is 0 Å². The van der Waals surface area contributed by atoms with Crippen molar-refractivity contribution in [1.29, 1.82) is 0 Å². The molecule has 0 radical (unpaired) electrons. The van der Waals surface area contributed by atoms with Gasteiger partial charge in [0.1, 0.15) is 11.5 Å². The molecule has 0 aliphatic carbocycles. The minimum Gasteiger partial charge on any atom is -0.456 e. The van der Waals surface area contributed by atoms with Crippen molar-refractivity contribution in [3.8, 4) is 11.5 Å². The van der Waals surface area contributed by atoms with E-state index in [9.17, 15) is 0 Å². The molecule has 2 nitrogen and oxygen atoms in total. The van der Waals surface area contributed by atoms with E-state index in [4.69, 9.17) is 44.6 Å². The first-order valence-electron chi connectivity index (χ1n) is 5.12. The molecule has 0 heterocycles. The highest BCUT2D eigenvalue weighted by Gasteiger charge is 2.06. The lowest BCUT2D eigenvalue weighted by atomic mass is 10.2. The summed E-state index contributed by atoms with van der Waals surface area (Å²) in [5.41, 5.74) is 0.640. The van der Waals surface area contributed by atoms with Gasteiger partial charge in [0.25, 0.3) is 0 Å². The lowest BCUT2D eigenvalue weighted by Crippen LogP contribution is -1.89. The van der Waals surface area contributed by atoms with E-state index >= 15 is 0 Å². The molecule has 0 saturated carbocycles. The molecule has 5 heteroatoms. The number of rotatable bonds is 3. The number of aliphatic hydroxyl groups is 1. The Morgan fingerprint density at radius 2 is 1.72 bits per heavy atom. The van der Waals surface area contributed by atoms with Crippen molar-refractivity contribution in [1.82, 2.24) is 0 Å². The standard InChI is InChI=1S/C13H9Cl3O2/c14-9-2-4-11(15)13(5-9)18-10-3-1-8(7-17)12(16)6-10/h1-6,17H,7H2. The summed E-state index contributed by atoms with van der Waals surface area (Å²) in [6, 6.07) is 9.97. The fourth-order valence-electron chi connectivity index (χ4n) is 1.40. The van der Waals surface area contributed by atoms with Gasteiger partial charge in [-0.15, -0.1) is 0 Å². The third kappa shape index (κ3) is 3.09. The minimum absolute atomic E-state index is 0.114. The monoisotopic (exact) mass is 302 g/mol. The van der Waals surface area contributed by atoms with Gasteiger partial charge in [0, 0.05) is 16.1 Å². The largest absolute Gasteiger partial charge is 0.456 e. The fraction of sp³-hybridized carbons (Fsp3) is 0.0769. The van der Waals surface area contributed by atoms with Crippen molar-refractivity contribution in [3.63, 3.8) is 0 Å². The van der Waals surface area contributed by atoms with E-state index in [1.807, 2.05) is 0 Å². The van der Waals surface area contributed by atoms with E-state index in [0.717, 1.165) is 0 Å². The van der Waals surface area contributed by atoms with E-state index in [1.54, 1.807) is 36.4 Å². The molecule has 0 aliphatic heterocycles. The highest BCUT2D eigenvalue weighted by atomic mass is 35.5. The summed E-state index contributed by atoms with van der Waals surface area (Å²) in [5, 5.41) is 10.4. The molecule has 2 aromatic rings. The summed E-state index contributed by atoms with van der Waals surface area (Å²) in [4.78, 5) is 0. The van der Waals surface area contributed by atoms with Crippen LogP contribution in [0.15, 0.2) is 36.4 Å². The number of benzene rings is 2. The zero-order valence-corrected chi connectivity index (χ0v) is 11.4. The first kappa shape index (κ1) is 13.5. The van der Waals surface area contributed by atoms with Crippen molar-refractivity contribution in [3.05, 3.63) is 57.0 Å². The maximum absolute atomic E-state index is 9.02. The van der Waals surface area contributed by atoms with Gasteiger partial charge in [0.05, 0.1) is 11.6 Å². The van der Waals surface area contributed by atoms with Gasteiger partial charge >= 0.3 is 0 Å². The Bertz CT molecular complexity index is 570. The lowest BCUT2D eigenvalue weighted by Gasteiger charge is -2.09. The second kappa shape index (κ2) is 5.81. The van der Waals surface area contributed by atoms with Gasteiger partial charge in [0.2, 0.25) is 0 Å². The summed E-state index contributed by atoms with van der Waals surface area (Å²) < 4.78 is 5.59. The number of ether oxygens (including phenoxy) is 1.